The molecule has 0 saturated heterocycles. The molecular weight excluding hydrogens is 362 g/mol. The van der Waals surface area contributed by atoms with Gasteiger partial charge >= 0.3 is 0 Å². The Labute approximate surface area is 154 Å². The molecule has 1 aliphatic rings. The molecule has 136 valence electrons. The number of nitrogens with one attached hydrogen (secondary N) is 2. The first-order valence-corrected chi connectivity index (χ1v) is 8.60. The van der Waals surface area contributed by atoms with Gasteiger partial charge in [-0.1, -0.05) is 29.8 Å². The van der Waals surface area contributed by atoms with Crippen LogP contribution in [0.5, 0.6) is 0 Å². The Bertz CT molecular complexity index is 844. The molecule has 0 aliphatic heterocycles. The second-order valence-electron chi connectivity index (χ2n) is 6.20. The highest BCUT2D eigenvalue weighted by Gasteiger charge is 2.47. The number of benzene rings is 2. The first kappa shape index (κ1) is 18.3. The first-order valence-electron chi connectivity index (χ1n) is 8.22. The highest BCUT2D eigenvalue weighted by Crippen LogP contribution is 2.39. The Hall–Kier alpha value is -2.47. The smallest absolute Gasteiger partial charge is 0.228 e. The molecule has 2 aromatic carbocycles. The number of rotatable bonds is 6. The van der Waals surface area contributed by atoms with Gasteiger partial charge in [0, 0.05) is 12.2 Å². The molecule has 4 nitrogen and oxygen atoms in total. The fourth-order valence-corrected chi connectivity index (χ4v) is 2.92. The molecule has 1 saturated carbocycles. The normalized spacial score (nSPS) is 18.3. The second kappa shape index (κ2) is 7.83. The maximum Gasteiger partial charge on any atom is 0.228 e. The van der Waals surface area contributed by atoms with E-state index in [2.05, 4.69) is 10.6 Å². The summed E-state index contributed by atoms with van der Waals surface area (Å²) in [5.74, 6) is -2.22. The van der Waals surface area contributed by atoms with E-state index in [0.29, 0.717) is 30.6 Å². The van der Waals surface area contributed by atoms with Crippen LogP contribution in [-0.4, -0.2) is 18.4 Å². The van der Waals surface area contributed by atoms with Crippen molar-refractivity contribution in [1.29, 1.82) is 0 Å². The lowest BCUT2D eigenvalue weighted by molar-refractivity contribution is -0.125. The van der Waals surface area contributed by atoms with Crippen LogP contribution >= 0.6 is 11.6 Å². The van der Waals surface area contributed by atoms with Crippen LogP contribution in [0.3, 0.4) is 0 Å². The Kier molecular flexibility index (Phi) is 5.52. The van der Waals surface area contributed by atoms with Crippen LogP contribution in [0.15, 0.2) is 42.5 Å². The summed E-state index contributed by atoms with van der Waals surface area (Å²) >= 11 is 5.67. The fraction of sp³-hybridized carbons (Fsp3) is 0.263. The third-order valence-corrected chi connectivity index (χ3v) is 4.59. The number of carbonyl (C=O) groups is 2. The van der Waals surface area contributed by atoms with Gasteiger partial charge in [0.25, 0.3) is 0 Å². The van der Waals surface area contributed by atoms with Crippen LogP contribution in [0.1, 0.15) is 12.0 Å². The standard InChI is InChI=1S/C19H17ClF2N2O2/c20-15-9-12(5-6-17(15)22)24-19(26)14-10-13(14)18(25)23-8-7-11-3-1-2-4-16(11)21/h1-6,9,13-14H,7-8,10H2,(H,23,25)(H,24,26). The molecule has 26 heavy (non-hydrogen) atoms. The molecule has 2 atom stereocenters. The van der Waals surface area contributed by atoms with E-state index >= 15 is 0 Å². The van der Waals surface area contributed by atoms with Gasteiger partial charge in [-0.15, -0.1) is 0 Å². The van der Waals surface area contributed by atoms with Crippen molar-refractivity contribution >= 4 is 29.1 Å². The number of hydrogen-bond acceptors (Lipinski definition) is 2. The van der Waals surface area contributed by atoms with Gasteiger partial charge in [0.05, 0.1) is 16.9 Å². The Morgan fingerprint density at radius 3 is 2.50 bits per heavy atom. The highest BCUT2D eigenvalue weighted by atomic mass is 35.5. The lowest BCUT2D eigenvalue weighted by Gasteiger charge is -2.07. The van der Waals surface area contributed by atoms with E-state index in [9.17, 15) is 18.4 Å². The molecule has 1 fully saturated rings. The molecule has 2 amide bonds. The van der Waals surface area contributed by atoms with E-state index in [0.717, 1.165) is 6.07 Å². The van der Waals surface area contributed by atoms with Gasteiger partial charge in [-0.05, 0) is 42.7 Å². The van der Waals surface area contributed by atoms with Gasteiger partial charge in [-0.25, -0.2) is 8.78 Å². The molecule has 0 heterocycles. The van der Waals surface area contributed by atoms with Gasteiger partial charge < -0.3 is 10.6 Å². The summed E-state index contributed by atoms with van der Waals surface area (Å²) in [4.78, 5) is 24.2. The molecule has 7 heteroatoms. The zero-order valence-corrected chi connectivity index (χ0v) is 14.5. The van der Waals surface area contributed by atoms with E-state index in [4.69, 9.17) is 11.6 Å². The quantitative estimate of drug-likeness (QED) is 0.807. The average Bonchev–Trinajstić information content (AvgIpc) is 3.41. The van der Waals surface area contributed by atoms with Crippen LogP contribution in [0.25, 0.3) is 0 Å². The summed E-state index contributed by atoms with van der Waals surface area (Å²) in [6, 6.07) is 10.3. The third-order valence-electron chi connectivity index (χ3n) is 4.30. The van der Waals surface area contributed by atoms with Crippen molar-refractivity contribution in [3.05, 3.63) is 64.7 Å². The first-order chi connectivity index (χ1) is 12.5. The summed E-state index contributed by atoms with van der Waals surface area (Å²) in [5.41, 5.74) is 0.915. The Morgan fingerprint density at radius 1 is 1.04 bits per heavy atom. The van der Waals surface area contributed by atoms with Crippen molar-refractivity contribution in [2.75, 3.05) is 11.9 Å². The lowest BCUT2D eigenvalue weighted by Crippen LogP contribution is -2.29. The summed E-state index contributed by atoms with van der Waals surface area (Å²) < 4.78 is 26.6. The summed E-state index contributed by atoms with van der Waals surface area (Å²) in [6.45, 7) is 0.304. The topological polar surface area (TPSA) is 58.2 Å². The SMILES string of the molecule is O=C(NCCc1ccccc1F)C1CC1C(=O)Nc1ccc(F)c(Cl)c1. The summed E-state index contributed by atoms with van der Waals surface area (Å²) in [7, 11) is 0. The minimum absolute atomic E-state index is 0.0824. The van der Waals surface area contributed by atoms with Crippen molar-refractivity contribution in [2.45, 2.75) is 12.8 Å². The number of halogens is 3. The second-order valence-corrected chi connectivity index (χ2v) is 6.61. The minimum Gasteiger partial charge on any atom is -0.356 e. The van der Waals surface area contributed by atoms with Crippen LogP contribution < -0.4 is 10.6 Å². The minimum atomic E-state index is -0.566. The molecular formula is C19H17ClF2N2O2. The van der Waals surface area contributed by atoms with Crippen molar-refractivity contribution in [2.24, 2.45) is 11.8 Å². The van der Waals surface area contributed by atoms with E-state index in [1.54, 1.807) is 18.2 Å². The fourth-order valence-electron chi connectivity index (χ4n) is 2.74. The molecule has 0 aromatic heterocycles. The molecule has 0 spiro atoms. The number of amides is 2. The predicted octanol–water partition coefficient (Wildman–Crippen LogP) is 3.55. The van der Waals surface area contributed by atoms with Gasteiger partial charge in [0.1, 0.15) is 11.6 Å². The molecule has 0 bridgehead atoms. The van der Waals surface area contributed by atoms with Crippen LogP contribution in [-0.2, 0) is 16.0 Å². The van der Waals surface area contributed by atoms with Crippen LogP contribution in [0.4, 0.5) is 14.5 Å². The largest absolute Gasteiger partial charge is 0.356 e. The van der Waals surface area contributed by atoms with Crippen molar-refractivity contribution in [3.8, 4) is 0 Å². The van der Waals surface area contributed by atoms with E-state index in [1.165, 1.54) is 18.2 Å². The lowest BCUT2D eigenvalue weighted by atomic mass is 10.1. The zero-order valence-electron chi connectivity index (χ0n) is 13.8. The third kappa shape index (κ3) is 4.38. The van der Waals surface area contributed by atoms with E-state index < -0.39 is 17.7 Å². The van der Waals surface area contributed by atoms with E-state index in [1.807, 2.05) is 0 Å². The molecule has 2 N–H and O–H groups in total. The molecule has 1 aliphatic carbocycles. The van der Waals surface area contributed by atoms with Crippen molar-refractivity contribution in [3.63, 3.8) is 0 Å². The van der Waals surface area contributed by atoms with Crippen LogP contribution in [0.2, 0.25) is 5.02 Å². The van der Waals surface area contributed by atoms with Crippen molar-refractivity contribution in [1.82, 2.24) is 5.32 Å². The maximum atomic E-state index is 13.5. The van der Waals surface area contributed by atoms with Crippen LogP contribution in [0, 0.1) is 23.5 Å². The van der Waals surface area contributed by atoms with Gasteiger partial charge in [-0.2, -0.15) is 0 Å². The summed E-state index contributed by atoms with van der Waals surface area (Å²) in [6.07, 6.45) is 0.836. The van der Waals surface area contributed by atoms with Gasteiger partial charge in [0.2, 0.25) is 11.8 Å². The molecule has 2 unspecified atom stereocenters. The van der Waals surface area contributed by atoms with Gasteiger partial charge in [-0.3, -0.25) is 9.59 Å². The van der Waals surface area contributed by atoms with Gasteiger partial charge in [0.15, 0.2) is 0 Å². The molecule has 0 radical (unpaired) electrons. The van der Waals surface area contributed by atoms with E-state index in [-0.39, 0.29) is 22.7 Å². The Balaban J connectivity index is 1.45. The number of hydrogen-bond donors (Lipinski definition) is 2. The zero-order chi connectivity index (χ0) is 18.7. The monoisotopic (exact) mass is 378 g/mol. The average molecular weight is 379 g/mol. The number of anilines is 1. The summed E-state index contributed by atoms with van der Waals surface area (Å²) in [5, 5.41) is 5.27. The number of carbonyl (C=O) groups excluding carboxylic acids is 2. The highest BCUT2D eigenvalue weighted by molar-refractivity contribution is 6.31. The van der Waals surface area contributed by atoms with Crippen molar-refractivity contribution < 1.29 is 18.4 Å². The predicted molar refractivity (Wildman–Crippen MR) is 94.8 cm³/mol. The molecule has 3 rings (SSSR count). The Morgan fingerprint density at radius 2 is 1.77 bits per heavy atom. The molecule has 2 aromatic rings. The maximum absolute atomic E-state index is 13.5.